The van der Waals surface area contributed by atoms with Gasteiger partial charge in [0.1, 0.15) is 5.75 Å². The normalized spacial score (nSPS) is 10.6. The molecule has 2 aromatic rings. The van der Waals surface area contributed by atoms with E-state index in [-0.39, 0.29) is 5.69 Å². The second-order valence-electron chi connectivity index (χ2n) is 5.38. The predicted octanol–water partition coefficient (Wildman–Crippen LogP) is 2.99. The molecule has 130 valence electrons. The molecule has 1 N–H and O–H groups in total. The fourth-order valence-electron chi connectivity index (χ4n) is 2.47. The lowest BCUT2D eigenvalue weighted by molar-refractivity contribution is 0.0690. The minimum Gasteiger partial charge on any atom is -0.494 e. The molecule has 0 saturated heterocycles. The lowest BCUT2D eigenvalue weighted by atomic mass is 10.3. The summed E-state index contributed by atoms with van der Waals surface area (Å²) in [6.07, 6.45) is 1.82. The highest BCUT2D eigenvalue weighted by atomic mass is 16.5. The van der Waals surface area contributed by atoms with Crippen molar-refractivity contribution >= 4 is 11.8 Å². The number of carbonyl (C=O) groups is 1. The van der Waals surface area contributed by atoms with Crippen LogP contribution in [0, 0.1) is 0 Å². The minimum atomic E-state index is -1.07. The Morgan fingerprint density at radius 1 is 1.12 bits per heavy atom. The molecule has 2 rings (SSSR count). The van der Waals surface area contributed by atoms with Gasteiger partial charge in [-0.05, 0) is 44.0 Å². The van der Waals surface area contributed by atoms with Gasteiger partial charge in [0.25, 0.3) is 0 Å². The van der Waals surface area contributed by atoms with Crippen LogP contribution in [-0.4, -0.2) is 45.8 Å². The Bertz CT molecular complexity index is 661. The van der Waals surface area contributed by atoms with E-state index in [2.05, 4.69) is 24.0 Å². The Kier molecular flexibility index (Phi) is 6.17. The molecule has 0 aliphatic heterocycles. The molecule has 0 aliphatic carbocycles. The van der Waals surface area contributed by atoms with Gasteiger partial charge >= 0.3 is 5.97 Å². The lowest BCUT2D eigenvalue weighted by Crippen LogP contribution is -2.27. The first-order valence-electron chi connectivity index (χ1n) is 8.29. The van der Waals surface area contributed by atoms with Crippen molar-refractivity contribution in [1.29, 1.82) is 0 Å². The molecule has 0 spiro atoms. The number of ether oxygens (including phenoxy) is 1. The number of carboxylic acid groups (broad SMARTS) is 1. The highest BCUT2D eigenvalue weighted by Crippen LogP contribution is 2.20. The van der Waals surface area contributed by atoms with E-state index in [1.807, 2.05) is 36.1 Å². The van der Waals surface area contributed by atoms with Gasteiger partial charge in [-0.25, -0.2) is 4.79 Å². The van der Waals surface area contributed by atoms with Crippen LogP contribution in [0.5, 0.6) is 5.75 Å². The monoisotopic (exact) mass is 332 g/mol. The number of aromatic nitrogens is 3. The highest BCUT2D eigenvalue weighted by Gasteiger charge is 2.22. The van der Waals surface area contributed by atoms with Gasteiger partial charge in [-0.1, -0.05) is 13.8 Å². The maximum atomic E-state index is 11.6. The van der Waals surface area contributed by atoms with Gasteiger partial charge in [-0.15, -0.1) is 15.0 Å². The standard InChI is InChI=1S/C17H24N4O3/c1-4-11-20(12-5-2)16-15(17(22)23)18-21(19-16)13-7-9-14(10-8-13)24-6-3/h7-10H,4-6,11-12H2,1-3H3,(H,22,23). The number of hydrogen-bond donors (Lipinski definition) is 1. The number of anilines is 1. The summed E-state index contributed by atoms with van der Waals surface area (Å²) in [6, 6.07) is 7.26. The molecular formula is C17H24N4O3. The minimum absolute atomic E-state index is 0.0224. The Morgan fingerprint density at radius 3 is 2.25 bits per heavy atom. The van der Waals surface area contributed by atoms with Crippen LogP contribution in [0.1, 0.15) is 44.1 Å². The van der Waals surface area contributed by atoms with Crippen molar-refractivity contribution in [2.24, 2.45) is 0 Å². The summed E-state index contributed by atoms with van der Waals surface area (Å²) in [5.74, 6) is 0.102. The molecule has 7 nitrogen and oxygen atoms in total. The second-order valence-corrected chi connectivity index (χ2v) is 5.38. The van der Waals surface area contributed by atoms with Crippen molar-refractivity contribution in [3.8, 4) is 11.4 Å². The van der Waals surface area contributed by atoms with Gasteiger partial charge in [-0.3, -0.25) is 0 Å². The van der Waals surface area contributed by atoms with Crippen LogP contribution in [0.4, 0.5) is 5.82 Å². The van der Waals surface area contributed by atoms with Gasteiger partial charge in [0.2, 0.25) is 5.69 Å². The molecule has 0 fully saturated rings. The lowest BCUT2D eigenvalue weighted by Gasteiger charge is -2.20. The number of aromatic carboxylic acids is 1. The van der Waals surface area contributed by atoms with Crippen molar-refractivity contribution in [2.75, 3.05) is 24.6 Å². The number of benzene rings is 1. The van der Waals surface area contributed by atoms with E-state index >= 15 is 0 Å². The van der Waals surface area contributed by atoms with Crippen molar-refractivity contribution < 1.29 is 14.6 Å². The fraction of sp³-hybridized carbons (Fsp3) is 0.471. The van der Waals surface area contributed by atoms with Gasteiger partial charge < -0.3 is 14.7 Å². The average Bonchev–Trinajstić information content (AvgIpc) is 3.01. The van der Waals surface area contributed by atoms with Crippen LogP contribution >= 0.6 is 0 Å². The van der Waals surface area contributed by atoms with Gasteiger partial charge in [-0.2, -0.15) is 0 Å². The third kappa shape index (κ3) is 4.04. The molecule has 0 unspecified atom stereocenters. The first-order chi connectivity index (χ1) is 11.6. The van der Waals surface area contributed by atoms with Crippen LogP contribution in [0.2, 0.25) is 0 Å². The number of nitrogens with zero attached hydrogens (tertiary/aromatic N) is 4. The molecule has 24 heavy (non-hydrogen) atoms. The van der Waals surface area contributed by atoms with Crippen LogP contribution < -0.4 is 9.64 Å². The summed E-state index contributed by atoms with van der Waals surface area (Å²) in [7, 11) is 0. The van der Waals surface area contributed by atoms with Crippen molar-refractivity contribution in [3.63, 3.8) is 0 Å². The van der Waals surface area contributed by atoms with Gasteiger partial charge in [0.05, 0.1) is 12.3 Å². The Labute approximate surface area is 141 Å². The van der Waals surface area contributed by atoms with Crippen LogP contribution in [0.15, 0.2) is 24.3 Å². The maximum absolute atomic E-state index is 11.6. The summed E-state index contributed by atoms with van der Waals surface area (Å²) in [6.45, 7) is 8.12. The van der Waals surface area contributed by atoms with E-state index in [0.717, 1.165) is 31.7 Å². The quantitative estimate of drug-likeness (QED) is 0.760. The van der Waals surface area contributed by atoms with Crippen molar-refractivity contribution in [2.45, 2.75) is 33.6 Å². The topological polar surface area (TPSA) is 80.5 Å². The summed E-state index contributed by atoms with van der Waals surface area (Å²) in [5.41, 5.74) is 0.672. The van der Waals surface area contributed by atoms with E-state index in [4.69, 9.17) is 4.74 Å². The largest absolute Gasteiger partial charge is 0.494 e. The van der Waals surface area contributed by atoms with Crippen LogP contribution in [0.3, 0.4) is 0 Å². The van der Waals surface area contributed by atoms with E-state index in [1.165, 1.54) is 4.80 Å². The van der Waals surface area contributed by atoms with Crippen LogP contribution in [0.25, 0.3) is 5.69 Å². The third-order valence-electron chi connectivity index (χ3n) is 3.46. The highest BCUT2D eigenvalue weighted by molar-refractivity contribution is 5.91. The maximum Gasteiger partial charge on any atom is 0.360 e. The zero-order valence-electron chi connectivity index (χ0n) is 14.4. The molecule has 7 heteroatoms. The van der Waals surface area contributed by atoms with Crippen molar-refractivity contribution in [1.82, 2.24) is 15.0 Å². The molecule has 1 heterocycles. The summed E-state index contributed by atoms with van der Waals surface area (Å²) in [5, 5.41) is 18.1. The summed E-state index contributed by atoms with van der Waals surface area (Å²) < 4.78 is 5.41. The third-order valence-corrected chi connectivity index (χ3v) is 3.46. The molecule has 0 aliphatic rings. The Balaban J connectivity index is 2.37. The van der Waals surface area contributed by atoms with E-state index in [0.29, 0.717) is 18.1 Å². The average molecular weight is 332 g/mol. The number of carboxylic acids is 1. The zero-order chi connectivity index (χ0) is 17.5. The summed E-state index contributed by atoms with van der Waals surface area (Å²) >= 11 is 0. The first-order valence-corrected chi connectivity index (χ1v) is 8.29. The Hall–Kier alpha value is -2.57. The van der Waals surface area contributed by atoms with Gasteiger partial charge in [0.15, 0.2) is 5.82 Å². The molecule has 0 amide bonds. The fourth-order valence-corrected chi connectivity index (χ4v) is 2.47. The molecule has 1 aromatic heterocycles. The molecule has 0 radical (unpaired) electrons. The zero-order valence-corrected chi connectivity index (χ0v) is 14.4. The van der Waals surface area contributed by atoms with E-state index < -0.39 is 5.97 Å². The first kappa shape index (κ1) is 17.8. The van der Waals surface area contributed by atoms with Gasteiger partial charge in [0, 0.05) is 13.1 Å². The van der Waals surface area contributed by atoms with Crippen LogP contribution in [-0.2, 0) is 0 Å². The molecule has 0 saturated carbocycles. The van der Waals surface area contributed by atoms with E-state index in [9.17, 15) is 9.90 Å². The second kappa shape index (κ2) is 8.33. The number of rotatable bonds is 9. The Morgan fingerprint density at radius 2 is 1.75 bits per heavy atom. The predicted molar refractivity (Wildman–Crippen MR) is 92.3 cm³/mol. The number of hydrogen-bond acceptors (Lipinski definition) is 5. The molecule has 0 atom stereocenters. The SMILES string of the molecule is CCCN(CCC)c1nn(-c2ccc(OCC)cc2)nc1C(=O)O. The molecular weight excluding hydrogens is 308 g/mol. The van der Waals surface area contributed by atoms with Crippen molar-refractivity contribution in [3.05, 3.63) is 30.0 Å². The molecule has 0 bridgehead atoms. The summed E-state index contributed by atoms with van der Waals surface area (Å²) in [4.78, 5) is 14.9. The smallest absolute Gasteiger partial charge is 0.360 e. The van der Waals surface area contributed by atoms with E-state index in [1.54, 1.807) is 0 Å². The molecule has 1 aromatic carbocycles.